The minimum absolute atomic E-state index is 0.0189. The Hall–Kier alpha value is -1.29. The molecular weight excluding hydrogens is 223 g/mol. The summed E-state index contributed by atoms with van der Waals surface area (Å²) >= 11 is 5.56. The monoisotopic (exact) mass is 234 g/mol. The largest absolute Gasteiger partial charge is 0.513 e. The summed E-state index contributed by atoms with van der Waals surface area (Å²) in [6.45, 7) is 4.00. The Balaban J connectivity index is 0.000000921. The van der Waals surface area contributed by atoms with Crippen molar-refractivity contribution in [2.75, 3.05) is 7.11 Å². The van der Waals surface area contributed by atoms with Gasteiger partial charge in [-0.25, -0.2) is 9.18 Å². The van der Waals surface area contributed by atoms with Gasteiger partial charge in [-0.05, 0) is 18.2 Å². The van der Waals surface area contributed by atoms with Gasteiger partial charge in [-0.2, -0.15) is 0 Å². The first kappa shape index (κ1) is 13.7. The van der Waals surface area contributed by atoms with Crippen molar-refractivity contribution in [1.29, 1.82) is 0 Å². The Morgan fingerprint density at radius 3 is 2.47 bits per heavy atom. The maximum absolute atomic E-state index is 12.5. The summed E-state index contributed by atoms with van der Waals surface area (Å²) in [5.41, 5.74) is 0. The quantitative estimate of drug-likeness (QED) is 0.550. The number of methoxy groups -OCH3 is 1. The lowest BCUT2D eigenvalue weighted by atomic mass is 10.3. The molecule has 0 aliphatic heterocycles. The van der Waals surface area contributed by atoms with E-state index in [9.17, 15) is 9.18 Å². The van der Waals surface area contributed by atoms with Gasteiger partial charge in [-0.15, -0.1) is 0 Å². The van der Waals surface area contributed by atoms with Gasteiger partial charge in [0.15, 0.2) is 5.75 Å². The lowest BCUT2D eigenvalue weighted by Crippen LogP contribution is -2.07. The molecule has 0 N–H and O–H groups in total. The first-order chi connectivity index (χ1) is 7.13. The van der Waals surface area contributed by atoms with Crippen molar-refractivity contribution in [2.24, 2.45) is 0 Å². The molecule has 0 heterocycles. The second-order valence-corrected chi connectivity index (χ2v) is 2.54. The number of carbonyl (C=O) groups excluding carboxylic acids is 1. The second kappa shape index (κ2) is 7.06. The predicted octanol–water partition coefficient (Wildman–Crippen LogP) is 3.65. The lowest BCUT2D eigenvalue weighted by molar-refractivity contribution is 0.121. The highest BCUT2D eigenvalue weighted by Crippen LogP contribution is 2.24. The third-order valence-corrected chi connectivity index (χ3v) is 1.55. The summed E-state index contributed by atoms with van der Waals surface area (Å²) in [6, 6.07) is 3.42. The number of hydrogen-bond acceptors (Lipinski definition) is 3. The first-order valence-electron chi connectivity index (χ1n) is 4.34. The van der Waals surface area contributed by atoms with E-state index >= 15 is 0 Å². The minimum atomic E-state index is -0.895. The van der Waals surface area contributed by atoms with E-state index in [0.717, 1.165) is 12.1 Å². The van der Waals surface area contributed by atoms with E-state index in [0.29, 0.717) is 0 Å². The molecular formula is C10H12ClFO3. The molecule has 0 saturated heterocycles. The van der Waals surface area contributed by atoms with Crippen LogP contribution in [-0.4, -0.2) is 13.3 Å². The van der Waals surface area contributed by atoms with E-state index in [2.05, 4.69) is 9.47 Å². The Morgan fingerprint density at radius 1 is 1.40 bits per heavy atom. The number of ether oxygens (including phenoxy) is 2. The highest BCUT2D eigenvalue weighted by molar-refractivity contribution is 6.32. The standard InChI is InChI=1S/C8H6ClFO3.C2H6/c1-12-8(11)13-7-3-2-5(10)4-6(7)9;1-2/h2-4H,1H3;1-2H3. The average Bonchev–Trinajstić information content (AvgIpc) is 2.25. The molecule has 5 heteroatoms. The molecule has 0 aliphatic carbocycles. The van der Waals surface area contributed by atoms with Crippen LogP contribution in [-0.2, 0) is 4.74 Å². The van der Waals surface area contributed by atoms with Crippen molar-refractivity contribution in [3.8, 4) is 5.75 Å². The summed E-state index contributed by atoms with van der Waals surface area (Å²) in [4.78, 5) is 10.6. The van der Waals surface area contributed by atoms with Gasteiger partial charge in [0.25, 0.3) is 0 Å². The predicted molar refractivity (Wildman–Crippen MR) is 55.8 cm³/mol. The maximum atomic E-state index is 12.5. The molecule has 15 heavy (non-hydrogen) atoms. The van der Waals surface area contributed by atoms with Crippen LogP contribution in [0.4, 0.5) is 9.18 Å². The smallest absolute Gasteiger partial charge is 0.437 e. The molecule has 0 atom stereocenters. The molecule has 84 valence electrons. The van der Waals surface area contributed by atoms with Crippen LogP contribution in [0.5, 0.6) is 5.75 Å². The Kier molecular flexibility index (Phi) is 6.45. The highest BCUT2D eigenvalue weighted by Gasteiger charge is 2.08. The van der Waals surface area contributed by atoms with Crippen molar-refractivity contribution in [3.63, 3.8) is 0 Å². The molecule has 1 rings (SSSR count). The van der Waals surface area contributed by atoms with Gasteiger partial charge in [-0.3, -0.25) is 0 Å². The van der Waals surface area contributed by atoms with E-state index < -0.39 is 12.0 Å². The third kappa shape index (κ3) is 4.65. The fraction of sp³-hybridized carbons (Fsp3) is 0.300. The van der Waals surface area contributed by atoms with Crippen LogP contribution in [0.2, 0.25) is 5.02 Å². The number of halogens is 2. The molecule has 0 spiro atoms. The van der Waals surface area contributed by atoms with E-state index in [1.165, 1.54) is 13.2 Å². The number of benzene rings is 1. The van der Waals surface area contributed by atoms with Crippen molar-refractivity contribution in [1.82, 2.24) is 0 Å². The first-order valence-corrected chi connectivity index (χ1v) is 4.72. The molecule has 1 aromatic rings. The zero-order valence-corrected chi connectivity index (χ0v) is 9.47. The molecule has 3 nitrogen and oxygen atoms in total. The fourth-order valence-electron chi connectivity index (χ4n) is 0.689. The van der Waals surface area contributed by atoms with E-state index in [-0.39, 0.29) is 10.8 Å². The van der Waals surface area contributed by atoms with Crippen LogP contribution in [0.15, 0.2) is 18.2 Å². The van der Waals surface area contributed by atoms with Crippen LogP contribution in [0.25, 0.3) is 0 Å². The van der Waals surface area contributed by atoms with E-state index in [4.69, 9.17) is 11.6 Å². The fourth-order valence-corrected chi connectivity index (χ4v) is 0.895. The van der Waals surface area contributed by atoms with Gasteiger partial charge in [0.1, 0.15) is 5.82 Å². The normalized spacial score (nSPS) is 8.60. The van der Waals surface area contributed by atoms with Crippen LogP contribution in [0.1, 0.15) is 13.8 Å². The average molecular weight is 235 g/mol. The molecule has 0 radical (unpaired) electrons. The molecule has 0 unspecified atom stereocenters. The molecule has 0 bridgehead atoms. The third-order valence-electron chi connectivity index (χ3n) is 1.25. The minimum Gasteiger partial charge on any atom is -0.437 e. The molecule has 0 fully saturated rings. The van der Waals surface area contributed by atoms with Gasteiger partial charge in [0, 0.05) is 0 Å². The van der Waals surface area contributed by atoms with Gasteiger partial charge in [0.05, 0.1) is 12.1 Å². The number of hydrogen-bond donors (Lipinski definition) is 0. The SMILES string of the molecule is CC.COC(=O)Oc1ccc(F)cc1Cl. The second-order valence-electron chi connectivity index (χ2n) is 2.13. The number of rotatable bonds is 1. The van der Waals surface area contributed by atoms with Crippen LogP contribution >= 0.6 is 11.6 Å². The Labute approximate surface area is 92.8 Å². The van der Waals surface area contributed by atoms with Crippen molar-refractivity contribution in [3.05, 3.63) is 29.0 Å². The molecule has 0 aromatic heterocycles. The summed E-state index contributed by atoms with van der Waals surface area (Å²) in [7, 11) is 1.17. The highest BCUT2D eigenvalue weighted by atomic mass is 35.5. The zero-order valence-electron chi connectivity index (χ0n) is 8.71. The Bertz CT molecular complexity index is 328. The summed E-state index contributed by atoms with van der Waals surface area (Å²) < 4.78 is 21.3. The van der Waals surface area contributed by atoms with Crippen molar-refractivity contribution in [2.45, 2.75) is 13.8 Å². The lowest BCUT2D eigenvalue weighted by Gasteiger charge is -2.03. The van der Waals surface area contributed by atoms with E-state index in [1.54, 1.807) is 0 Å². The van der Waals surface area contributed by atoms with Crippen LogP contribution in [0.3, 0.4) is 0 Å². The van der Waals surface area contributed by atoms with Gasteiger partial charge >= 0.3 is 6.16 Å². The van der Waals surface area contributed by atoms with E-state index in [1.807, 2.05) is 13.8 Å². The number of carbonyl (C=O) groups is 1. The molecule has 1 aromatic carbocycles. The van der Waals surface area contributed by atoms with Crippen molar-refractivity contribution < 1.29 is 18.7 Å². The topological polar surface area (TPSA) is 35.5 Å². The van der Waals surface area contributed by atoms with Crippen LogP contribution < -0.4 is 4.74 Å². The zero-order chi connectivity index (χ0) is 11.8. The maximum Gasteiger partial charge on any atom is 0.513 e. The van der Waals surface area contributed by atoms with Gasteiger partial charge in [-0.1, -0.05) is 25.4 Å². The van der Waals surface area contributed by atoms with Crippen LogP contribution in [0, 0.1) is 5.82 Å². The summed E-state index contributed by atoms with van der Waals surface area (Å²) in [6.07, 6.45) is -0.895. The Morgan fingerprint density at radius 2 is 2.00 bits per heavy atom. The molecule has 0 saturated carbocycles. The van der Waals surface area contributed by atoms with Gasteiger partial charge < -0.3 is 9.47 Å². The summed E-state index contributed by atoms with van der Waals surface area (Å²) in [5, 5.41) is 0.0189. The summed E-state index contributed by atoms with van der Waals surface area (Å²) in [5.74, 6) is -0.433. The van der Waals surface area contributed by atoms with Gasteiger partial charge in [0.2, 0.25) is 0 Å². The molecule has 0 amide bonds. The van der Waals surface area contributed by atoms with Crippen molar-refractivity contribution >= 4 is 17.8 Å². The molecule has 0 aliphatic rings.